The number of hydrogen-bond acceptors (Lipinski definition) is 5. The monoisotopic (exact) mass is 279 g/mol. The van der Waals surface area contributed by atoms with Gasteiger partial charge in [-0.05, 0) is 19.1 Å². The van der Waals surface area contributed by atoms with Gasteiger partial charge in [-0.3, -0.25) is 9.59 Å². The molecule has 0 aliphatic carbocycles. The van der Waals surface area contributed by atoms with E-state index in [9.17, 15) is 9.59 Å². The minimum absolute atomic E-state index is 0.00312. The van der Waals surface area contributed by atoms with Gasteiger partial charge in [0.25, 0.3) is 0 Å². The van der Waals surface area contributed by atoms with E-state index in [1.54, 1.807) is 14.0 Å². The van der Waals surface area contributed by atoms with Crippen molar-refractivity contribution in [2.45, 2.75) is 19.8 Å². The number of hydrogen-bond donors (Lipinski definition) is 0. The lowest BCUT2D eigenvalue weighted by atomic mass is 10.2. The summed E-state index contributed by atoms with van der Waals surface area (Å²) < 4.78 is 9.93. The molecule has 20 heavy (non-hydrogen) atoms. The Morgan fingerprint density at radius 2 is 2.00 bits per heavy atom. The minimum atomic E-state index is -0.329. The van der Waals surface area contributed by atoms with Crippen LogP contribution in [0.25, 0.3) is 0 Å². The van der Waals surface area contributed by atoms with Crippen LogP contribution < -0.4 is 9.64 Å². The van der Waals surface area contributed by atoms with Crippen LogP contribution in [0.15, 0.2) is 24.3 Å². The summed E-state index contributed by atoms with van der Waals surface area (Å²) in [7, 11) is 3.43. The molecule has 0 radical (unpaired) electrons. The van der Waals surface area contributed by atoms with Crippen molar-refractivity contribution >= 4 is 17.4 Å². The zero-order valence-corrected chi connectivity index (χ0v) is 12.2. The molecule has 1 aromatic rings. The molecule has 0 saturated heterocycles. The van der Waals surface area contributed by atoms with Crippen molar-refractivity contribution in [1.82, 2.24) is 0 Å². The second kappa shape index (κ2) is 8.19. The first-order chi connectivity index (χ1) is 9.56. The first kappa shape index (κ1) is 16.0. The molecule has 0 aromatic heterocycles. The van der Waals surface area contributed by atoms with E-state index in [1.807, 2.05) is 36.2 Å². The topological polar surface area (TPSA) is 55.8 Å². The predicted octanol–water partition coefficient (Wildman–Crippen LogP) is 2.04. The summed E-state index contributed by atoms with van der Waals surface area (Å²) >= 11 is 0. The van der Waals surface area contributed by atoms with Gasteiger partial charge in [-0.15, -0.1) is 0 Å². The Morgan fingerprint density at radius 3 is 2.65 bits per heavy atom. The average molecular weight is 279 g/mol. The summed E-state index contributed by atoms with van der Waals surface area (Å²) in [5.41, 5.74) is 0.897. The van der Waals surface area contributed by atoms with Gasteiger partial charge >= 0.3 is 5.97 Å². The first-order valence-corrected chi connectivity index (χ1v) is 6.59. The van der Waals surface area contributed by atoms with Crippen LogP contribution in [0.5, 0.6) is 5.75 Å². The largest absolute Gasteiger partial charge is 0.497 e. The van der Waals surface area contributed by atoms with E-state index in [-0.39, 0.29) is 31.1 Å². The zero-order chi connectivity index (χ0) is 15.0. The number of Topliss-reactive ketones (excluding diaryl/α,β-unsaturated/α-hetero) is 1. The van der Waals surface area contributed by atoms with Crippen LogP contribution in [0, 0.1) is 0 Å². The van der Waals surface area contributed by atoms with Gasteiger partial charge in [0.05, 0.1) is 26.7 Å². The van der Waals surface area contributed by atoms with Crippen LogP contribution in [0.3, 0.4) is 0 Å². The lowest BCUT2D eigenvalue weighted by Crippen LogP contribution is -2.26. The summed E-state index contributed by atoms with van der Waals surface area (Å²) in [6.45, 7) is 2.35. The quantitative estimate of drug-likeness (QED) is 0.682. The maximum atomic E-state index is 11.8. The maximum absolute atomic E-state index is 11.8. The van der Waals surface area contributed by atoms with Crippen molar-refractivity contribution in [3.05, 3.63) is 24.3 Å². The Morgan fingerprint density at radius 1 is 1.25 bits per heavy atom. The SMILES string of the molecule is CCOC(=O)CCC(=O)CN(C)c1cccc(OC)c1. The van der Waals surface area contributed by atoms with E-state index in [0.717, 1.165) is 11.4 Å². The van der Waals surface area contributed by atoms with E-state index in [4.69, 9.17) is 9.47 Å². The highest BCUT2D eigenvalue weighted by molar-refractivity contribution is 5.86. The molecule has 0 fully saturated rings. The number of ketones is 1. The van der Waals surface area contributed by atoms with Gasteiger partial charge in [-0.1, -0.05) is 6.07 Å². The van der Waals surface area contributed by atoms with Gasteiger partial charge in [0.1, 0.15) is 5.75 Å². The number of methoxy groups -OCH3 is 1. The molecular weight excluding hydrogens is 258 g/mol. The first-order valence-electron chi connectivity index (χ1n) is 6.59. The number of likely N-dealkylation sites (N-methyl/N-ethyl adjacent to an activating group) is 1. The molecule has 0 saturated carbocycles. The number of nitrogens with zero attached hydrogens (tertiary/aromatic N) is 1. The van der Waals surface area contributed by atoms with E-state index in [2.05, 4.69) is 0 Å². The van der Waals surface area contributed by atoms with Crippen molar-refractivity contribution in [2.75, 3.05) is 32.2 Å². The Bertz CT molecular complexity index is 459. The number of ether oxygens (including phenoxy) is 2. The Labute approximate surface area is 119 Å². The fraction of sp³-hybridized carbons (Fsp3) is 0.467. The molecule has 0 atom stereocenters. The second-order valence-corrected chi connectivity index (χ2v) is 4.40. The highest BCUT2D eigenvalue weighted by Gasteiger charge is 2.11. The average Bonchev–Trinajstić information content (AvgIpc) is 2.45. The third kappa shape index (κ3) is 5.30. The van der Waals surface area contributed by atoms with Crippen LogP contribution >= 0.6 is 0 Å². The molecule has 0 spiro atoms. The zero-order valence-electron chi connectivity index (χ0n) is 12.2. The molecule has 110 valence electrons. The Kier molecular flexibility index (Phi) is 6.56. The summed E-state index contributed by atoms with van der Waals surface area (Å²) in [5, 5.41) is 0. The molecule has 0 unspecified atom stereocenters. The Balaban J connectivity index is 2.46. The smallest absolute Gasteiger partial charge is 0.306 e. The molecule has 0 aliphatic heterocycles. The van der Waals surface area contributed by atoms with Crippen molar-refractivity contribution in [3.8, 4) is 5.75 Å². The molecule has 0 heterocycles. The molecule has 0 N–H and O–H groups in total. The lowest BCUT2D eigenvalue weighted by Gasteiger charge is -2.18. The van der Waals surface area contributed by atoms with Crippen LogP contribution in [-0.4, -0.2) is 39.1 Å². The van der Waals surface area contributed by atoms with Gasteiger partial charge in [0.15, 0.2) is 5.78 Å². The predicted molar refractivity (Wildman–Crippen MR) is 77.1 cm³/mol. The number of carbonyl (C=O) groups is 2. The third-order valence-electron chi connectivity index (χ3n) is 2.82. The summed E-state index contributed by atoms with van der Waals surface area (Å²) in [5.74, 6) is 0.418. The van der Waals surface area contributed by atoms with Crippen molar-refractivity contribution < 1.29 is 19.1 Å². The molecule has 0 bridgehead atoms. The van der Waals surface area contributed by atoms with E-state index < -0.39 is 0 Å². The Hall–Kier alpha value is -2.04. The molecule has 0 amide bonds. The summed E-state index contributed by atoms with van der Waals surface area (Å²) in [6, 6.07) is 7.48. The van der Waals surface area contributed by atoms with Crippen LogP contribution in [-0.2, 0) is 14.3 Å². The normalized spacial score (nSPS) is 9.95. The standard InChI is InChI=1S/C15H21NO4/c1-4-20-15(18)9-8-13(17)11-16(2)12-6-5-7-14(10-12)19-3/h5-7,10H,4,8-9,11H2,1-3H3. The molecule has 1 rings (SSSR count). The number of carbonyl (C=O) groups excluding carboxylic acids is 2. The fourth-order valence-electron chi connectivity index (χ4n) is 1.76. The fourth-order valence-corrected chi connectivity index (χ4v) is 1.76. The van der Waals surface area contributed by atoms with E-state index in [1.165, 1.54) is 0 Å². The number of rotatable bonds is 8. The van der Waals surface area contributed by atoms with Crippen molar-refractivity contribution in [1.29, 1.82) is 0 Å². The van der Waals surface area contributed by atoms with Gasteiger partial charge in [-0.25, -0.2) is 0 Å². The lowest BCUT2D eigenvalue weighted by molar-refractivity contribution is -0.144. The highest BCUT2D eigenvalue weighted by atomic mass is 16.5. The molecule has 0 aliphatic rings. The van der Waals surface area contributed by atoms with Gasteiger partial charge in [0.2, 0.25) is 0 Å². The molecule has 5 nitrogen and oxygen atoms in total. The van der Waals surface area contributed by atoms with Crippen molar-refractivity contribution in [3.63, 3.8) is 0 Å². The van der Waals surface area contributed by atoms with Crippen molar-refractivity contribution in [2.24, 2.45) is 0 Å². The van der Waals surface area contributed by atoms with Crippen LogP contribution in [0.1, 0.15) is 19.8 Å². The van der Waals surface area contributed by atoms with Crippen LogP contribution in [0.4, 0.5) is 5.69 Å². The summed E-state index contributed by atoms with van der Waals surface area (Å²) in [4.78, 5) is 24.8. The van der Waals surface area contributed by atoms with E-state index in [0.29, 0.717) is 6.61 Å². The number of benzene rings is 1. The van der Waals surface area contributed by atoms with Gasteiger partial charge < -0.3 is 14.4 Å². The summed E-state index contributed by atoms with van der Waals surface area (Å²) in [6.07, 6.45) is 0.339. The molecule has 1 aromatic carbocycles. The number of anilines is 1. The maximum Gasteiger partial charge on any atom is 0.306 e. The molecular formula is C15H21NO4. The van der Waals surface area contributed by atoms with Gasteiger partial charge in [0, 0.05) is 25.2 Å². The van der Waals surface area contributed by atoms with Gasteiger partial charge in [-0.2, -0.15) is 0 Å². The van der Waals surface area contributed by atoms with Crippen LogP contribution in [0.2, 0.25) is 0 Å². The minimum Gasteiger partial charge on any atom is -0.497 e. The second-order valence-electron chi connectivity index (χ2n) is 4.40. The van der Waals surface area contributed by atoms with E-state index >= 15 is 0 Å². The number of esters is 1. The third-order valence-corrected chi connectivity index (χ3v) is 2.82. The highest BCUT2D eigenvalue weighted by Crippen LogP contribution is 2.19. The molecule has 5 heteroatoms.